The van der Waals surface area contributed by atoms with Crippen molar-refractivity contribution < 1.29 is 6.22 Å². The molecule has 26 heavy (non-hydrogen) atoms. The molecule has 4 nitrogen and oxygen atoms in total. The van der Waals surface area contributed by atoms with Gasteiger partial charge in [-0.2, -0.15) is 0 Å². The van der Waals surface area contributed by atoms with Crippen LogP contribution in [0.2, 0.25) is 0 Å². The van der Waals surface area contributed by atoms with Crippen LogP contribution in [0.15, 0.2) is 61.1 Å². The summed E-state index contributed by atoms with van der Waals surface area (Å²) in [5.41, 5.74) is 4.95. The van der Waals surface area contributed by atoms with Gasteiger partial charge in [0.05, 0.1) is 23.3 Å². The molecular formula is C22H25N3O. The second kappa shape index (κ2) is 6.79. The first-order chi connectivity index (χ1) is 12.7. The van der Waals surface area contributed by atoms with E-state index >= 15 is 0 Å². The van der Waals surface area contributed by atoms with Crippen LogP contribution in [0.25, 0.3) is 16.8 Å². The molecule has 1 amide bonds. The number of fused-ring (bicyclic) bond motifs is 1. The number of allylic oxidation sites excluding steroid dienone is 1. The molecule has 134 valence electrons. The van der Waals surface area contributed by atoms with Gasteiger partial charge in [0, 0.05) is 25.1 Å². The largest absolute Gasteiger partial charge is 0.326 e. The van der Waals surface area contributed by atoms with E-state index in [9.17, 15) is 4.79 Å². The topological polar surface area (TPSA) is 46.4 Å². The van der Waals surface area contributed by atoms with Crippen LogP contribution < -0.4 is 5.32 Å². The second-order valence-electron chi connectivity index (χ2n) is 6.99. The third kappa shape index (κ3) is 3.03. The van der Waals surface area contributed by atoms with Crippen molar-refractivity contribution in [1.29, 1.82) is 0 Å². The fraction of sp³-hybridized carbons (Fsp3) is 0.273. The average Bonchev–Trinajstić information content (AvgIpc) is 3.31. The summed E-state index contributed by atoms with van der Waals surface area (Å²) in [6, 6.07) is 10.0. The predicted octanol–water partition coefficient (Wildman–Crippen LogP) is 5.10. The number of hydrogen-bond acceptors (Lipinski definition) is 2. The Kier molecular flexibility index (Phi) is 4.33. The number of benzene rings is 1. The highest BCUT2D eigenvalue weighted by molar-refractivity contribution is 5.94. The average molecular weight is 347 g/mol. The van der Waals surface area contributed by atoms with Crippen molar-refractivity contribution in [2.75, 3.05) is 5.32 Å². The summed E-state index contributed by atoms with van der Waals surface area (Å²) in [6.07, 6.45) is 12.1. The zero-order chi connectivity index (χ0) is 18.1. The van der Waals surface area contributed by atoms with Crippen LogP contribution >= 0.6 is 0 Å². The van der Waals surface area contributed by atoms with E-state index in [1.165, 1.54) is 0 Å². The SMILES string of the molecule is CCC1CC=CC1C(=O)Nc1ccc(C)c(-c2cn3cccc3cn2)c1.[HH]. The molecule has 0 saturated carbocycles. The number of nitrogens with zero attached hydrogens (tertiary/aromatic N) is 2. The number of carbonyl (C=O) groups is 1. The number of anilines is 1. The minimum atomic E-state index is -0.0286. The summed E-state index contributed by atoms with van der Waals surface area (Å²) in [5.74, 6) is 0.464. The van der Waals surface area contributed by atoms with E-state index in [2.05, 4.69) is 34.6 Å². The molecule has 3 aromatic rings. The van der Waals surface area contributed by atoms with Crippen molar-refractivity contribution in [2.45, 2.75) is 26.7 Å². The van der Waals surface area contributed by atoms with Crippen LogP contribution in [0.3, 0.4) is 0 Å². The molecule has 1 aliphatic carbocycles. The molecule has 4 heteroatoms. The van der Waals surface area contributed by atoms with E-state index in [1.807, 2.05) is 55.0 Å². The molecule has 4 rings (SSSR count). The molecule has 1 aromatic carbocycles. The van der Waals surface area contributed by atoms with E-state index in [4.69, 9.17) is 0 Å². The quantitative estimate of drug-likeness (QED) is 0.668. The number of nitrogens with one attached hydrogen (secondary N) is 1. The minimum Gasteiger partial charge on any atom is -0.326 e. The van der Waals surface area contributed by atoms with Crippen LogP contribution in [0.5, 0.6) is 0 Å². The fourth-order valence-electron chi connectivity index (χ4n) is 3.70. The van der Waals surface area contributed by atoms with Gasteiger partial charge in [0.15, 0.2) is 0 Å². The summed E-state index contributed by atoms with van der Waals surface area (Å²) >= 11 is 0. The highest BCUT2D eigenvalue weighted by Crippen LogP contribution is 2.30. The lowest BCUT2D eigenvalue weighted by Gasteiger charge is -2.18. The first-order valence-corrected chi connectivity index (χ1v) is 9.17. The monoisotopic (exact) mass is 347 g/mol. The van der Waals surface area contributed by atoms with Gasteiger partial charge in [-0.15, -0.1) is 0 Å². The Morgan fingerprint density at radius 3 is 3.12 bits per heavy atom. The van der Waals surface area contributed by atoms with Gasteiger partial charge < -0.3 is 9.72 Å². The molecule has 1 aliphatic rings. The lowest BCUT2D eigenvalue weighted by Crippen LogP contribution is -2.25. The smallest absolute Gasteiger partial charge is 0.231 e. The van der Waals surface area contributed by atoms with Gasteiger partial charge in [-0.3, -0.25) is 9.78 Å². The van der Waals surface area contributed by atoms with Crippen LogP contribution in [-0.2, 0) is 4.79 Å². The molecule has 2 atom stereocenters. The second-order valence-corrected chi connectivity index (χ2v) is 6.99. The van der Waals surface area contributed by atoms with E-state index < -0.39 is 0 Å². The predicted molar refractivity (Wildman–Crippen MR) is 107 cm³/mol. The summed E-state index contributed by atoms with van der Waals surface area (Å²) in [6.45, 7) is 4.21. The molecule has 2 aromatic heterocycles. The molecule has 0 aliphatic heterocycles. The number of carbonyl (C=O) groups excluding carboxylic acids is 1. The van der Waals surface area contributed by atoms with Gasteiger partial charge in [-0.25, -0.2) is 0 Å². The van der Waals surface area contributed by atoms with Gasteiger partial charge in [0.2, 0.25) is 5.91 Å². The van der Waals surface area contributed by atoms with E-state index in [1.54, 1.807) is 0 Å². The highest BCUT2D eigenvalue weighted by Gasteiger charge is 2.27. The third-order valence-corrected chi connectivity index (χ3v) is 5.31. The Morgan fingerprint density at radius 2 is 2.27 bits per heavy atom. The number of hydrogen-bond donors (Lipinski definition) is 1. The van der Waals surface area contributed by atoms with Gasteiger partial charge in [-0.1, -0.05) is 31.6 Å². The third-order valence-electron chi connectivity index (χ3n) is 5.31. The molecule has 2 heterocycles. The fourth-order valence-corrected chi connectivity index (χ4v) is 3.70. The van der Waals surface area contributed by atoms with Crippen molar-refractivity contribution >= 4 is 17.1 Å². The van der Waals surface area contributed by atoms with Crippen molar-refractivity contribution in [2.24, 2.45) is 11.8 Å². The molecule has 0 radical (unpaired) electrons. The molecular weight excluding hydrogens is 322 g/mol. The zero-order valence-electron chi connectivity index (χ0n) is 15.1. The number of aryl methyl sites for hydroxylation is 1. The van der Waals surface area contributed by atoms with E-state index in [0.717, 1.165) is 40.9 Å². The summed E-state index contributed by atoms with van der Waals surface area (Å²) < 4.78 is 2.06. The van der Waals surface area contributed by atoms with Crippen LogP contribution in [0, 0.1) is 18.8 Å². The summed E-state index contributed by atoms with van der Waals surface area (Å²) in [7, 11) is 0. The summed E-state index contributed by atoms with van der Waals surface area (Å²) in [5, 5.41) is 3.09. The molecule has 0 bridgehead atoms. The van der Waals surface area contributed by atoms with Gasteiger partial charge in [0.1, 0.15) is 0 Å². The normalized spacial score (nSPS) is 19.2. The Hall–Kier alpha value is -2.88. The van der Waals surface area contributed by atoms with Crippen molar-refractivity contribution in [3.8, 4) is 11.3 Å². The van der Waals surface area contributed by atoms with Crippen LogP contribution in [-0.4, -0.2) is 15.3 Å². The number of amides is 1. The Labute approximate surface area is 155 Å². The van der Waals surface area contributed by atoms with Gasteiger partial charge in [-0.05, 0) is 49.1 Å². The lowest BCUT2D eigenvalue weighted by molar-refractivity contribution is -0.119. The molecule has 0 saturated heterocycles. The Morgan fingerprint density at radius 1 is 1.38 bits per heavy atom. The van der Waals surface area contributed by atoms with Crippen LogP contribution in [0.4, 0.5) is 5.69 Å². The van der Waals surface area contributed by atoms with Crippen molar-refractivity contribution in [3.63, 3.8) is 0 Å². The van der Waals surface area contributed by atoms with Gasteiger partial charge >= 0.3 is 0 Å². The van der Waals surface area contributed by atoms with Gasteiger partial charge in [0.25, 0.3) is 0 Å². The zero-order valence-corrected chi connectivity index (χ0v) is 15.1. The van der Waals surface area contributed by atoms with Crippen molar-refractivity contribution in [3.05, 3.63) is 66.6 Å². The lowest BCUT2D eigenvalue weighted by atomic mass is 9.92. The van der Waals surface area contributed by atoms with Crippen molar-refractivity contribution in [1.82, 2.24) is 9.38 Å². The Bertz CT molecular complexity index is 992. The molecule has 2 unspecified atom stereocenters. The first kappa shape index (κ1) is 16.6. The maximum atomic E-state index is 12.7. The van der Waals surface area contributed by atoms with E-state index in [-0.39, 0.29) is 13.3 Å². The maximum absolute atomic E-state index is 12.7. The van der Waals surface area contributed by atoms with E-state index in [0.29, 0.717) is 5.92 Å². The first-order valence-electron chi connectivity index (χ1n) is 9.17. The Balaban J connectivity index is 0.00000210. The van der Waals surface area contributed by atoms with Crippen LogP contribution in [0.1, 0.15) is 26.8 Å². The molecule has 0 fully saturated rings. The standard InChI is InChI=1S/C22H23N3O.H2/c1-3-16-6-4-8-19(16)22(26)24-17-10-9-15(2)20(12-17)21-14-25-11-5-7-18(25)13-23-21;/h4-5,7-14,16,19H,3,6H2,1-2H3,(H,24,26);1H. The highest BCUT2D eigenvalue weighted by atomic mass is 16.1. The number of aromatic nitrogens is 2. The maximum Gasteiger partial charge on any atom is 0.231 e. The molecule has 0 spiro atoms. The number of rotatable bonds is 4. The molecule has 1 N–H and O–H groups in total. The summed E-state index contributed by atoms with van der Waals surface area (Å²) in [4.78, 5) is 17.3. The minimum absolute atomic E-state index is 0.